The Bertz CT molecular complexity index is 1240. The number of hydrogen-bond acceptors (Lipinski definition) is 4. The number of halogens is 3. The van der Waals surface area contributed by atoms with Crippen LogP contribution >= 0.6 is 35.6 Å². The first-order chi connectivity index (χ1) is 18.4. The number of likely N-dealkylation sites (tertiary alicyclic amines) is 1. The summed E-state index contributed by atoms with van der Waals surface area (Å²) in [5.74, 6) is 0. The number of amides is 1. The number of carbonyl (C=O) groups excluding carboxylic acids is 1. The Morgan fingerprint density at radius 1 is 0.875 bits per heavy atom. The van der Waals surface area contributed by atoms with Crippen LogP contribution in [0, 0.1) is 0 Å². The van der Waals surface area contributed by atoms with E-state index >= 15 is 0 Å². The van der Waals surface area contributed by atoms with Gasteiger partial charge in [-0.15, -0.1) is 12.4 Å². The van der Waals surface area contributed by atoms with Crippen molar-refractivity contribution in [2.45, 2.75) is 43.2 Å². The second-order valence-electron chi connectivity index (χ2n) is 10.6. The van der Waals surface area contributed by atoms with Crippen molar-refractivity contribution in [3.05, 3.63) is 106 Å². The highest BCUT2D eigenvalue weighted by molar-refractivity contribution is 6.42. The summed E-state index contributed by atoms with van der Waals surface area (Å²) in [4.78, 5) is 17.0. The van der Waals surface area contributed by atoms with Crippen molar-refractivity contribution in [1.29, 1.82) is 0 Å². The van der Waals surface area contributed by atoms with E-state index in [1.54, 1.807) is 4.90 Å². The van der Waals surface area contributed by atoms with Gasteiger partial charge in [0.25, 0.3) is 0 Å². The normalized spacial score (nSPS) is 20.7. The van der Waals surface area contributed by atoms with Crippen molar-refractivity contribution in [3.63, 3.8) is 0 Å². The molecule has 9 heteroatoms. The number of nitrogens with zero attached hydrogens (tertiary/aromatic N) is 2. The number of aliphatic hydroxyl groups is 1. The molecule has 1 unspecified atom stereocenters. The Morgan fingerprint density at radius 3 is 2.17 bits per heavy atom. The summed E-state index contributed by atoms with van der Waals surface area (Å²) in [6.45, 7) is 3.96. The van der Waals surface area contributed by atoms with Gasteiger partial charge < -0.3 is 25.1 Å². The van der Waals surface area contributed by atoms with E-state index in [4.69, 9.17) is 27.9 Å². The van der Waals surface area contributed by atoms with Gasteiger partial charge in [-0.05, 0) is 61.1 Å². The van der Waals surface area contributed by atoms with Crippen LogP contribution in [-0.2, 0) is 22.3 Å². The van der Waals surface area contributed by atoms with Crippen molar-refractivity contribution in [1.82, 2.24) is 9.80 Å². The molecule has 3 aromatic rings. The van der Waals surface area contributed by atoms with E-state index in [1.165, 1.54) is 0 Å². The van der Waals surface area contributed by atoms with Gasteiger partial charge in [-0.2, -0.15) is 0 Å². The highest BCUT2D eigenvalue weighted by Crippen LogP contribution is 2.38. The van der Waals surface area contributed by atoms with E-state index < -0.39 is 11.0 Å². The van der Waals surface area contributed by atoms with Crippen LogP contribution in [0.25, 0.3) is 0 Å². The fourth-order valence-electron chi connectivity index (χ4n) is 5.81. The van der Waals surface area contributed by atoms with E-state index in [0.29, 0.717) is 29.7 Å². The van der Waals surface area contributed by atoms with Gasteiger partial charge in [0.1, 0.15) is 6.61 Å². The first-order valence-electron chi connectivity index (χ1n) is 13.3. The van der Waals surface area contributed by atoms with Crippen molar-refractivity contribution >= 4 is 41.7 Å². The Labute approximate surface area is 252 Å². The zero-order valence-corrected chi connectivity index (χ0v) is 24.7. The smallest absolute Gasteiger partial charge is 0.410 e. The molecule has 0 radical (unpaired) electrons. The van der Waals surface area contributed by atoms with Gasteiger partial charge in [0.05, 0.1) is 15.6 Å². The number of benzene rings is 3. The van der Waals surface area contributed by atoms with Crippen LogP contribution in [0.1, 0.15) is 42.4 Å². The minimum Gasteiger partial charge on any atom is -0.448 e. The molecule has 0 aromatic heterocycles. The number of cyclic esters (lactones) is 1. The predicted octanol–water partition coefficient (Wildman–Crippen LogP) is 6.24. The molecule has 216 valence electrons. The molecule has 0 bridgehead atoms. The van der Waals surface area contributed by atoms with Crippen LogP contribution < -0.4 is 0 Å². The lowest BCUT2D eigenvalue weighted by atomic mass is 9.76. The van der Waals surface area contributed by atoms with Gasteiger partial charge in [0, 0.05) is 31.6 Å². The summed E-state index contributed by atoms with van der Waals surface area (Å²) in [5.41, 5.74) is 1.95. The SMILES string of the molecule is Cl.O.O=C1OCC(CCCN2CCC(O)(c3ccccc3)CC2)(c2ccc(Cl)c(Cl)c2)CN1Cc1ccccc1. The number of piperidine rings is 1. The van der Waals surface area contributed by atoms with Crippen LogP contribution in [0.4, 0.5) is 4.79 Å². The highest BCUT2D eigenvalue weighted by Gasteiger charge is 2.42. The highest BCUT2D eigenvalue weighted by atomic mass is 35.5. The lowest BCUT2D eigenvalue weighted by Crippen LogP contribution is -2.52. The van der Waals surface area contributed by atoms with E-state index in [1.807, 2.05) is 78.9 Å². The molecular formula is C31H37Cl3N2O4. The lowest BCUT2D eigenvalue weighted by Gasteiger charge is -2.43. The summed E-state index contributed by atoms with van der Waals surface area (Å²) >= 11 is 12.7. The van der Waals surface area contributed by atoms with Crippen LogP contribution in [0.5, 0.6) is 0 Å². The fourth-order valence-corrected chi connectivity index (χ4v) is 6.11. The van der Waals surface area contributed by atoms with E-state index in [-0.39, 0.29) is 24.0 Å². The lowest BCUT2D eigenvalue weighted by molar-refractivity contribution is -0.0271. The van der Waals surface area contributed by atoms with Gasteiger partial charge in [0.15, 0.2) is 0 Å². The molecule has 1 atom stereocenters. The molecule has 0 saturated carbocycles. The van der Waals surface area contributed by atoms with Crippen LogP contribution in [0.15, 0.2) is 78.9 Å². The van der Waals surface area contributed by atoms with E-state index in [9.17, 15) is 9.90 Å². The maximum atomic E-state index is 12.8. The molecule has 0 aliphatic carbocycles. The third-order valence-corrected chi connectivity index (χ3v) is 8.83. The number of ether oxygens (including phenoxy) is 1. The molecule has 2 aliphatic heterocycles. The fraction of sp³-hybridized carbons (Fsp3) is 0.387. The number of carbonyl (C=O) groups is 1. The molecule has 2 aliphatic rings. The third-order valence-electron chi connectivity index (χ3n) is 8.10. The maximum absolute atomic E-state index is 12.8. The monoisotopic (exact) mass is 606 g/mol. The average molecular weight is 608 g/mol. The molecule has 2 fully saturated rings. The zero-order valence-electron chi connectivity index (χ0n) is 22.4. The molecule has 3 N–H and O–H groups in total. The Morgan fingerprint density at radius 2 is 1.52 bits per heavy atom. The maximum Gasteiger partial charge on any atom is 0.410 e. The van der Waals surface area contributed by atoms with Crippen LogP contribution in [0.2, 0.25) is 10.0 Å². The van der Waals surface area contributed by atoms with Gasteiger partial charge in [-0.3, -0.25) is 0 Å². The molecule has 5 rings (SSSR count). The van der Waals surface area contributed by atoms with E-state index in [0.717, 1.165) is 62.0 Å². The zero-order chi connectivity index (χ0) is 26.6. The summed E-state index contributed by atoms with van der Waals surface area (Å²) < 4.78 is 5.79. The number of hydrogen-bond donors (Lipinski definition) is 1. The summed E-state index contributed by atoms with van der Waals surface area (Å²) in [5, 5.41) is 12.2. The Hall–Kier alpha value is -2.32. The predicted molar refractivity (Wildman–Crippen MR) is 162 cm³/mol. The second-order valence-corrected chi connectivity index (χ2v) is 11.5. The molecule has 1 amide bonds. The first kappa shape index (κ1) is 32.2. The topological polar surface area (TPSA) is 84.5 Å². The Balaban J connectivity index is 0.00000220. The number of rotatable bonds is 8. The van der Waals surface area contributed by atoms with Crippen LogP contribution in [0.3, 0.4) is 0 Å². The summed E-state index contributed by atoms with van der Waals surface area (Å²) in [7, 11) is 0. The summed E-state index contributed by atoms with van der Waals surface area (Å²) in [6.07, 6.45) is 2.92. The van der Waals surface area contributed by atoms with Crippen molar-refractivity contribution in [2.75, 3.05) is 32.8 Å². The molecular weight excluding hydrogens is 571 g/mol. The molecule has 6 nitrogen and oxygen atoms in total. The van der Waals surface area contributed by atoms with Gasteiger partial charge in [0.2, 0.25) is 0 Å². The van der Waals surface area contributed by atoms with Crippen molar-refractivity contribution in [3.8, 4) is 0 Å². The third kappa shape index (κ3) is 7.30. The van der Waals surface area contributed by atoms with Crippen LogP contribution in [-0.4, -0.2) is 59.3 Å². The standard InChI is InChI=1S/C31H34Cl2N2O3.ClH.H2O/c32-27-13-12-26(20-28(27)33)30(22-35(29(36)38-23-30)21-24-8-3-1-4-9-24)14-7-17-34-18-15-31(37,16-19-34)25-10-5-2-6-11-25;;/h1-6,8-13,20,37H,7,14-19,21-23H2;1H;1H2. The summed E-state index contributed by atoms with van der Waals surface area (Å²) in [6, 6.07) is 25.7. The molecule has 3 aromatic carbocycles. The molecule has 40 heavy (non-hydrogen) atoms. The first-order valence-corrected chi connectivity index (χ1v) is 14.0. The van der Waals surface area contributed by atoms with E-state index in [2.05, 4.69) is 4.90 Å². The van der Waals surface area contributed by atoms with Crippen molar-refractivity contribution in [2.24, 2.45) is 0 Å². The molecule has 0 spiro atoms. The Kier molecular flexibility index (Phi) is 11.3. The molecule has 2 saturated heterocycles. The quantitative estimate of drug-likeness (QED) is 0.328. The minimum absolute atomic E-state index is 0. The minimum atomic E-state index is -0.755. The second kappa shape index (κ2) is 14.0. The average Bonchev–Trinajstić information content (AvgIpc) is 2.94. The van der Waals surface area contributed by atoms with Crippen molar-refractivity contribution < 1.29 is 20.1 Å². The molecule has 2 heterocycles. The van der Waals surface area contributed by atoms with Gasteiger partial charge >= 0.3 is 6.09 Å². The largest absolute Gasteiger partial charge is 0.448 e. The van der Waals surface area contributed by atoms with Gasteiger partial charge in [-0.25, -0.2) is 4.79 Å². The van der Waals surface area contributed by atoms with Gasteiger partial charge in [-0.1, -0.05) is 89.9 Å².